The number of carbonyl (C=O) groups is 1. The van der Waals surface area contributed by atoms with Gasteiger partial charge in [-0.2, -0.15) is 0 Å². The van der Waals surface area contributed by atoms with Gasteiger partial charge in [-0.05, 0) is 61.2 Å². The van der Waals surface area contributed by atoms with Crippen molar-refractivity contribution in [3.8, 4) is 16.9 Å². The molecule has 3 aromatic carbocycles. The summed E-state index contributed by atoms with van der Waals surface area (Å²) in [6, 6.07) is 21.6. The zero-order valence-corrected chi connectivity index (χ0v) is 16.4. The number of benzene rings is 3. The first-order valence-electron chi connectivity index (χ1n) is 8.84. The molecule has 0 saturated carbocycles. The molecule has 1 N–H and O–H groups in total. The van der Waals surface area contributed by atoms with Crippen LogP contribution in [-0.2, 0) is 4.79 Å². The van der Waals surface area contributed by atoms with Crippen molar-refractivity contribution in [2.45, 2.75) is 26.9 Å². The Bertz CT molecular complexity index is 913. The lowest BCUT2D eigenvalue weighted by Gasteiger charge is -2.17. The number of amides is 1. The van der Waals surface area contributed by atoms with Crippen LogP contribution < -0.4 is 10.1 Å². The summed E-state index contributed by atoms with van der Waals surface area (Å²) in [6.45, 7) is 5.61. The number of ether oxygens (including phenoxy) is 1. The molecule has 3 nitrogen and oxygen atoms in total. The molecule has 27 heavy (non-hydrogen) atoms. The van der Waals surface area contributed by atoms with E-state index in [0.29, 0.717) is 16.5 Å². The average molecular weight is 380 g/mol. The van der Waals surface area contributed by atoms with Crippen molar-refractivity contribution >= 4 is 23.2 Å². The zero-order valence-electron chi connectivity index (χ0n) is 15.6. The summed E-state index contributed by atoms with van der Waals surface area (Å²) in [6.07, 6.45) is -0.649. The summed E-state index contributed by atoms with van der Waals surface area (Å²) in [7, 11) is 0. The van der Waals surface area contributed by atoms with E-state index in [2.05, 4.69) is 17.4 Å². The zero-order chi connectivity index (χ0) is 19.4. The maximum Gasteiger partial charge on any atom is 0.265 e. The molecule has 1 atom stereocenters. The SMILES string of the molecule is Cc1cc(C)c(NC(=O)C(C)Oc2ccc(-c3ccccc3)cc2)c(Cl)c1. The third-order valence-corrected chi connectivity index (χ3v) is 4.62. The number of hydrogen-bond donors (Lipinski definition) is 1. The van der Waals surface area contributed by atoms with E-state index in [0.717, 1.165) is 22.3 Å². The van der Waals surface area contributed by atoms with Crippen molar-refractivity contribution in [3.05, 3.63) is 82.9 Å². The van der Waals surface area contributed by atoms with Gasteiger partial charge in [-0.25, -0.2) is 0 Å². The van der Waals surface area contributed by atoms with Gasteiger partial charge in [0.15, 0.2) is 6.10 Å². The highest BCUT2D eigenvalue weighted by Gasteiger charge is 2.17. The van der Waals surface area contributed by atoms with Crippen LogP contribution in [0, 0.1) is 13.8 Å². The molecule has 0 saturated heterocycles. The molecule has 0 aliphatic rings. The normalized spacial score (nSPS) is 11.7. The summed E-state index contributed by atoms with van der Waals surface area (Å²) < 4.78 is 5.79. The predicted molar refractivity (Wildman–Crippen MR) is 112 cm³/mol. The number of anilines is 1. The largest absolute Gasteiger partial charge is 0.481 e. The Morgan fingerprint density at radius 1 is 0.963 bits per heavy atom. The van der Waals surface area contributed by atoms with Crippen LogP contribution in [0.4, 0.5) is 5.69 Å². The smallest absolute Gasteiger partial charge is 0.265 e. The van der Waals surface area contributed by atoms with Crippen LogP contribution in [0.1, 0.15) is 18.1 Å². The molecule has 1 amide bonds. The van der Waals surface area contributed by atoms with Gasteiger partial charge in [0, 0.05) is 0 Å². The van der Waals surface area contributed by atoms with Gasteiger partial charge in [-0.15, -0.1) is 0 Å². The number of hydrogen-bond acceptors (Lipinski definition) is 2. The molecule has 0 spiro atoms. The highest BCUT2D eigenvalue weighted by Crippen LogP contribution is 2.28. The van der Waals surface area contributed by atoms with Gasteiger partial charge in [-0.3, -0.25) is 4.79 Å². The Morgan fingerprint density at radius 2 is 1.59 bits per heavy atom. The standard InChI is InChI=1S/C23H22ClNO2/c1-15-13-16(2)22(21(24)14-15)25-23(26)17(3)27-20-11-9-19(10-12-20)18-7-5-4-6-8-18/h4-14,17H,1-3H3,(H,25,26). The van der Waals surface area contributed by atoms with Crippen LogP contribution in [0.5, 0.6) is 5.75 Å². The molecule has 0 radical (unpaired) electrons. The van der Waals surface area contributed by atoms with Gasteiger partial charge >= 0.3 is 0 Å². The minimum Gasteiger partial charge on any atom is -0.481 e. The van der Waals surface area contributed by atoms with Gasteiger partial charge in [0.1, 0.15) is 5.75 Å². The lowest BCUT2D eigenvalue weighted by Crippen LogP contribution is -2.30. The molecule has 0 aliphatic carbocycles. The summed E-state index contributed by atoms with van der Waals surface area (Å²) in [5.41, 5.74) is 4.84. The number of aryl methyl sites for hydroxylation is 2. The van der Waals surface area contributed by atoms with Crippen molar-refractivity contribution in [2.75, 3.05) is 5.32 Å². The Kier molecular flexibility index (Phi) is 5.82. The minimum absolute atomic E-state index is 0.240. The third kappa shape index (κ3) is 4.69. The van der Waals surface area contributed by atoms with Gasteiger partial charge in [0.25, 0.3) is 5.91 Å². The summed E-state index contributed by atoms with van der Waals surface area (Å²) in [4.78, 5) is 12.5. The second kappa shape index (κ2) is 8.28. The Morgan fingerprint density at radius 3 is 2.22 bits per heavy atom. The lowest BCUT2D eigenvalue weighted by atomic mass is 10.1. The maximum absolute atomic E-state index is 12.5. The Labute approximate surface area is 164 Å². The summed E-state index contributed by atoms with van der Waals surface area (Å²) in [5.74, 6) is 0.403. The number of rotatable bonds is 5. The molecule has 1 unspecified atom stereocenters. The van der Waals surface area contributed by atoms with Crippen molar-refractivity contribution in [2.24, 2.45) is 0 Å². The predicted octanol–water partition coefficient (Wildman–Crippen LogP) is 6.03. The fraction of sp³-hybridized carbons (Fsp3) is 0.174. The number of carbonyl (C=O) groups excluding carboxylic acids is 1. The van der Waals surface area contributed by atoms with Crippen LogP contribution in [0.15, 0.2) is 66.7 Å². The minimum atomic E-state index is -0.649. The molecule has 0 aliphatic heterocycles. The fourth-order valence-electron chi connectivity index (χ4n) is 2.91. The number of nitrogens with one attached hydrogen (secondary N) is 1. The van der Waals surface area contributed by atoms with Gasteiger partial charge in [0.05, 0.1) is 10.7 Å². The van der Waals surface area contributed by atoms with E-state index >= 15 is 0 Å². The van der Waals surface area contributed by atoms with Crippen molar-refractivity contribution in [1.82, 2.24) is 0 Å². The first-order valence-corrected chi connectivity index (χ1v) is 9.21. The van der Waals surface area contributed by atoms with Gasteiger partial charge in [0.2, 0.25) is 0 Å². The monoisotopic (exact) mass is 379 g/mol. The van der Waals surface area contributed by atoms with E-state index in [1.54, 1.807) is 6.92 Å². The van der Waals surface area contributed by atoms with Crippen molar-refractivity contribution < 1.29 is 9.53 Å². The average Bonchev–Trinajstić information content (AvgIpc) is 2.65. The molecule has 3 aromatic rings. The molecule has 3 rings (SSSR count). The lowest BCUT2D eigenvalue weighted by molar-refractivity contribution is -0.122. The topological polar surface area (TPSA) is 38.3 Å². The van der Waals surface area contributed by atoms with E-state index in [-0.39, 0.29) is 5.91 Å². The quantitative estimate of drug-likeness (QED) is 0.587. The summed E-state index contributed by atoms with van der Waals surface area (Å²) >= 11 is 6.26. The Hall–Kier alpha value is -2.78. The van der Waals surface area contributed by atoms with E-state index in [9.17, 15) is 4.79 Å². The molecule has 0 heterocycles. The molecule has 4 heteroatoms. The Balaban J connectivity index is 1.66. The van der Waals surface area contributed by atoms with E-state index < -0.39 is 6.10 Å². The van der Waals surface area contributed by atoms with Gasteiger partial charge in [-0.1, -0.05) is 60.1 Å². The second-order valence-electron chi connectivity index (χ2n) is 6.58. The van der Waals surface area contributed by atoms with Crippen LogP contribution in [0.3, 0.4) is 0 Å². The molecular weight excluding hydrogens is 358 g/mol. The van der Waals surface area contributed by atoms with Crippen LogP contribution in [0.2, 0.25) is 5.02 Å². The molecule has 0 bridgehead atoms. The van der Waals surface area contributed by atoms with Crippen molar-refractivity contribution in [1.29, 1.82) is 0 Å². The first kappa shape index (κ1) is 19.0. The molecular formula is C23H22ClNO2. The van der Waals surface area contributed by atoms with Crippen molar-refractivity contribution in [3.63, 3.8) is 0 Å². The van der Waals surface area contributed by atoms with Gasteiger partial charge < -0.3 is 10.1 Å². The first-order chi connectivity index (χ1) is 12.9. The second-order valence-corrected chi connectivity index (χ2v) is 6.99. The highest BCUT2D eigenvalue weighted by molar-refractivity contribution is 6.34. The molecule has 138 valence electrons. The van der Waals surface area contributed by atoms with Crippen LogP contribution in [-0.4, -0.2) is 12.0 Å². The molecule has 0 aromatic heterocycles. The molecule has 0 fully saturated rings. The third-order valence-electron chi connectivity index (χ3n) is 4.32. The van der Waals surface area contributed by atoms with Crippen LogP contribution in [0.25, 0.3) is 11.1 Å². The summed E-state index contributed by atoms with van der Waals surface area (Å²) in [5, 5.41) is 3.40. The number of halogens is 1. The van der Waals surface area contributed by atoms with E-state index in [4.69, 9.17) is 16.3 Å². The van der Waals surface area contributed by atoms with Crippen LogP contribution >= 0.6 is 11.6 Å². The fourth-order valence-corrected chi connectivity index (χ4v) is 3.28. The maximum atomic E-state index is 12.5. The van der Waals surface area contributed by atoms with E-state index in [1.165, 1.54) is 0 Å². The van der Waals surface area contributed by atoms with E-state index in [1.807, 2.05) is 68.4 Å². The highest BCUT2D eigenvalue weighted by atomic mass is 35.5.